The third-order valence-corrected chi connectivity index (χ3v) is 7.84. The van der Waals surface area contributed by atoms with Crippen molar-refractivity contribution in [2.24, 2.45) is 0 Å². The summed E-state index contributed by atoms with van der Waals surface area (Å²) in [6, 6.07) is 19.1. The molecule has 0 spiro atoms. The maximum Gasteiger partial charge on any atom is 0.143 e. The number of allylic oxidation sites excluding steroid dienone is 2. The van der Waals surface area contributed by atoms with Crippen LogP contribution >= 0.6 is 0 Å². The molecule has 3 aromatic rings. The van der Waals surface area contributed by atoms with Crippen LogP contribution in [0.2, 0.25) is 0 Å². The van der Waals surface area contributed by atoms with E-state index in [1.54, 1.807) is 19.5 Å². The maximum absolute atomic E-state index is 10.1. The summed E-state index contributed by atoms with van der Waals surface area (Å²) < 4.78 is 11.9. The van der Waals surface area contributed by atoms with Crippen molar-refractivity contribution < 1.29 is 14.3 Å². The number of aromatic nitrogens is 1. The Morgan fingerprint density at radius 2 is 1.81 bits per heavy atom. The Balaban J connectivity index is 0.000000310. The third-order valence-electron chi connectivity index (χ3n) is 7.84. The first-order chi connectivity index (χ1) is 20.4. The maximum atomic E-state index is 10.1. The number of aldehydes is 1. The summed E-state index contributed by atoms with van der Waals surface area (Å²) in [6.07, 6.45) is 8.33. The molecule has 222 valence electrons. The molecule has 42 heavy (non-hydrogen) atoms. The van der Waals surface area contributed by atoms with Gasteiger partial charge in [-0.1, -0.05) is 30.8 Å². The summed E-state index contributed by atoms with van der Waals surface area (Å²) in [5, 5.41) is 0. The molecule has 2 aliphatic heterocycles. The van der Waals surface area contributed by atoms with Gasteiger partial charge in [-0.2, -0.15) is 0 Å². The van der Waals surface area contributed by atoms with E-state index in [9.17, 15) is 4.79 Å². The van der Waals surface area contributed by atoms with Crippen molar-refractivity contribution in [1.29, 1.82) is 0 Å². The lowest BCUT2D eigenvalue weighted by Crippen LogP contribution is -2.41. The molecule has 0 saturated carbocycles. The third kappa shape index (κ3) is 8.30. The van der Waals surface area contributed by atoms with E-state index < -0.39 is 0 Å². The molecule has 0 aliphatic carbocycles. The predicted octanol–water partition coefficient (Wildman–Crippen LogP) is 6.05. The average Bonchev–Trinajstić information content (AvgIpc) is 3.54. The van der Waals surface area contributed by atoms with Crippen LogP contribution < -0.4 is 4.74 Å². The zero-order chi connectivity index (χ0) is 29.9. The van der Waals surface area contributed by atoms with E-state index in [2.05, 4.69) is 68.7 Å². The second-order valence-electron chi connectivity index (χ2n) is 11.0. The molecule has 0 radical (unpaired) electrons. The monoisotopic (exact) mass is 568 g/mol. The van der Waals surface area contributed by atoms with Gasteiger partial charge in [-0.3, -0.25) is 14.7 Å². The normalized spacial score (nSPS) is 17.3. The molecule has 2 aromatic carbocycles. The Hall–Kier alpha value is -3.94. The number of morpholine rings is 1. The van der Waals surface area contributed by atoms with Crippen LogP contribution in [0.5, 0.6) is 5.75 Å². The van der Waals surface area contributed by atoms with Crippen molar-refractivity contribution in [3.8, 4) is 16.9 Å². The number of hydrogen-bond acceptors (Lipinski definition) is 7. The fourth-order valence-electron chi connectivity index (χ4n) is 5.38. The van der Waals surface area contributed by atoms with Crippen molar-refractivity contribution in [3.05, 3.63) is 102 Å². The lowest BCUT2D eigenvalue weighted by molar-refractivity contribution is -0.104. The molecule has 0 bridgehead atoms. The summed E-state index contributed by atoms with van der Waals surface area (Å²) in [4.78, 5) is 20.9. The van der Waals surface area contributed by atoms with E-state index in [4.69, 9.17) is 9.47 Å². The molecular formula is C35H44N4O3. The number of ether oxygens (including phenoxy) is 2. The first-order valence-corrected chi connectivity index (χ1v) is 14.6. The minimum absolute atomic E-state index is 0.0480. The first-order valence-electron chi connectivity index (χ1n) is 14.6. The van der Waals surface area contributed by atoms with Crippen molar-refractivity contribution in [3.63, 3.8) is 0 Å². The summed E-state index contributed by atoms with van der Waals surface area (Å²) in [5.74, 6) is 1.89. The molecule has 1 unspecified atom stereocenters. The molecule has 0 amide bonds. The molecule has 2 saturated heterocycles. The van der Waals surface area contributed by atoms with Crippen LogP contribution in [-0.2, 0) is 16.1 Å². The number of methoxy groups -OCH3 is 1. The van der Waals surface area contributed by atoms with Gasteiger partial charge < -0.3 is 19.3 Å². The molecule has 7 heteroatoms. The number of pyridine rings is 1. The molecule has 5 rings (SSSR count). The summed E-state index contributed by atoms with van der Waals surface area (Å²) >= 11 is 0. The van der Waals surface area contributed by atoms with Gasteiger partial charge in [-0.25, -0.2) is 0 Å². The van der Waals surface area contributed by atoms with Crippen molar-refractivity contribution in [1.82, 2.24) is 19.7 Å². The van der Waals surface area contributed by atoms with Gasteiger partial charge in [0.15, 0.2) is 0 Å². The number of hydrogen-bond donors (Lipinski definition) is 0. The highest BCUT2D eigenvalue weighted by Gasteiger charge is 2.26. The highest BCUT2D eigenvalue weighted by Crippen LogP contribution is 2.35. The largest absolute Gasteiger partial charge is 0.496 e. The van der Waals surface area contributed by atoms with Crippen molar-refractivity contribution in [2.45, 2.75) is 32.4 Å². The van der Waals surface area contributed by atoms with Crippen LogP contribution in [0.1, 0.15) is 42.6 Å². The molecule has 0 N–H and O–H groups in total. The Bertz CT molecular complexity index is 1350. The molecule has 2 fully saturated rings. The number of rotatable bonds is 9. The molecular weight excluding hydrogens is 524 g/mol. The number of carbonyl (C=O) groups is 1. The quantitative estimate of drug-likeness (QED) is 0.230. The van der Waals surface area contributed by atoms with E-state index in [1.165, 1.54) is 48.7 Å². The van der Waals surface area contributed by atoms with Gasteiger partial charge in [0.05, 0.1) is 19.5 Å². The van der Waals surface area contributed by atoms with Gasteiger partial charge in [-0.05, 0) is 97.1 Å². The fourth-order valence-corrected chi connectivity index (χ4v) is 5.38. The smallest absolute Gasteiger partial charge is 0.143 e. The Morgan fingerprint density at radius 3 is 2.50 bits per heavy atom. The second-order valence-corrected chi connectivity index (χ2v) is 11.0. The van der Waals surface area contributed by atoms with E-state index in [1.807, 2.05) is 33.2 Å². The molecule has 3 heterocycles. The fraction of sp³-hybridized carbons (Fsp3) is 0.371. The van der Waals surface area contributed by atoms with Gasteiger partial charge >= 0.3 is 0 Å². The number of likely N-dealkylation sites (tertiary alicyclic amines) is 1. The lowest BCUT2D eigenvalue weighted by atomic mass is 9.97. The minimum atomic E-state index is -0.0480. The zero-order valence-corrected chi connectivity index (χ0v) is 25.5. The standard InChI is InChI=1S/C26H35N3O2.C9H9NO/c1-20(27(2)3)29-14-15-31-26(19-29)24-17-23(10-11-25(24)30-4)22-9-7-8-21(16-22)18-28-12-5-6-13-28;1-8(4-7-11)9-2-5-10-6-3-9/h7-11,16-17,26H,1,5-6,12-15,18-19H2,2-4H3;2-7H,1H3/b;8-4+. The lowest BCUT2D eigenvalue weighted by Gasteiger charge is -2.38. The van der Waals surface area contributed by atoms with E-state index in [-0.39, 0.29) is 6.10 Å². The van der Waals surface area contributed by atoms with Crippen molar-refractivity contribution >= 4 is 11.9 Å². The molecule has 1 aromatic heterocycles. The number of carbonyl (C=O) groups excluding carboxylic acids is 1. The highest BCUT2D eigenvalue weighted by atomic mass is 16.5. The highest BCUT2D eigenvalue weighted by molar-refractivity contribution is 5.80. The van der Waals surface area contributed by atoms with Crippen LogP contribution in [-0.4, -0.2) is 80.0 Å². The van der Waals surface area contributed by atoms with Crippen LogP contribution in [0.4, 0.5) is 0 Å². The molecule has 1 atom stereocenters. The SMILES string of the molecule is C/C(=C\C=O)c1ccncc1.C=C(N(C)C)N1CCOC(c2cc(-c3cccc(CN4CCCC4)c3)ccc2OC)C1. The van der Waals surface area contributed by atoms with Crippen LogP contribution in [0.15, 0.2) is 85.5 Å². The average molecular weight is 569 g/mol. The Labute approximate surface area is 251 Å². The van der Waals surface area contributed by atoms with E-state index >= 15 is 0 Å². The Kier molecular flexibility index (Phi) is 11.3. The van der Waals surface area contributed by atoms with Gasteiger partial charge in [0.25, 0.3) is 0 Å². The van der Waals surface area contributed by atoms with Gasteiger partial charge in [0.1, 0.15) is 18.1 Å². The van der Waals surface area contributed by atoms with Crippen LogP contribution in [0, 0.1) is 0 Å². The summed E-state index contributed by atoms with van der Waals surface area (Å²) in [5.41, 5.74) is 6.91. The van der Waals surface area contributed by atoms with Gasteiger partial charge in [0.2, 0.25) is 0 Å². The van der Waals surface area contributed by atoms with Crippen molar-refractivity contribution in [2.75, 3.05) is 54.0 Å². The first kappa shape index (κ1) is 31.0. The summed E-state index contributed by atoms with van der Waals surface area (Å²) in [6.45, 7) is 11.9. The predicted molar refractivity (Wildman–Crippen MR) is 170 cm³/mol. The summed E-state index contributed by atoms with van der Waals surface area (Å²) in [7, 11) is 5.79. The second kappa shape index (κ2) is 15.3. The zero-order valence-electron chi connectivity index (χ0n) is 25.5. The number of nitrogens with zero attached hydrogens (tertiary/aromatic N) is 4. The minimum Gasteiger partial charge on any atom is -0.496 e. The Morgan fingerprint density at radius 1 is 1.07 bits per heavy atom. The van der Waals surface area contributed by atoms with Crippen LogP contribution in [0.3, 0.4) is 0 Å². The van der Waals surface area contributed by atoms with Crippen LogP contribution in [0.25, 0.3) is 16.7 Å². The van der Waals surface area contributed by atoms with E-state index in [0.29, 0.717) is 6.61 Å². The molecule has 7 nitrogen and oxygen atoms in total. The molecule has 2 aliphatic rings. The van der Waals surface area contributed by atoms with Gasteiger partial charge in [0, 0.05) is 51.7 Å². The number of benzene rings is 2. The van der Waals surface area contributed by atoms with Gasteiger partial charge in [-0.15, -0.1) is 0 Å². The topological polar surface area (TPSA) is 58.1 Å². The van der Waals surface area contributed by atoms with E-state index in [0.717, 1.165) is 54.2 Å².